The summed E-state index contributed by atoms with van der Waals surface area (Å²) in [7, 11) is 1.47. The second-order valence-electron chi connectivity index (χ2n) is 3.56. The summed E-state index contributed by atoms with van der Waals surface area (Å²) in [6, 6.07) is 2.87. The molecule has 1 rings (SSSR count). The van der Waals surface area contributed by atoms with E-state index in [1.165, 1.54) is 7.11 Å². The number of hydrogen-bond donors (Lipinski definition) is 2. The molecule has 0 aromatic heterocycles. The van der Waals surface area contributed by atoms with Gasteiger partial charge in [0.05, 0.1) is 17.2 Å². The number of hydrogen-bond acceptors (Lipinski definition) is 3. The number of halogens is 2. The van der Waals surface area contributed by atoms with Crippen LogP contribution in [-0.2, 0) is 4.79 Å². The van der Waals surface area contributed by atoms with Crippen LogP contribution in [0.4, 0.5) is 0 Å². The molecule has 3 N–H and O–H groups in total. The molecule has 4 nitrogen and oxygen atoms in total. The highest BCUT2D eigenvalue weighted by molar-refractivity contribution is 6.37. The molecule has 0 aliphatic carbocycles. The van der Waals surface area contributed by atoms with E-state index in [9.17, 15) is 4.79 Å². The van der Waals surface area contributed by atoms with Crippen LogP contribution in [0.1, 0.15) is 24.4 Å². The minimum absolute atomic E-state index is 0.00241. The Morgan fingerprint density at radius 1 is 1.47 bits per heavy atom. The summed E-state index contributed by atoms with van der Waals surface area (Å²) in [4.78, 5) is 10.4. The number of carboxylic acid groups (broad SMARTS) is 1. The summed E-state index contributed by atoms with van der Waals surface area (Å²) >= 11 is 11.9. The Morgan fingerprint density at radius 2 is 2.00 bits per heavy atom. The van der Waals surface area contributed by atoms with Gasteiger partial charge in [-0.05, 0) is 24.1 Å². The molecule has 0 saturated heterocycles. The number of ether oxygens (including phenoxy) is 1. The van der Waals surface area contributed by atoms with Crippen molar-refractivity contribution < 1.29 is 14.6 Å². The van der Waals surface area contributed by atoms with Crippen molar-refractivity contribution in [2.24, 2.45) is 5.73 Å². The minimum atomic E-state index is -0.883. The van der Waals surface area contributed by atoms with E-state index >= 15 is 0 Å². The van der Waals surface area contributed by atoms with Gasteiger partial charge in [-0.1, -0.05) is 23.2 Å². The van der Waals surface area contributed by atoms with Crippen molar-refractivity contribution in [3.8, 4) is 5.75 Å². The Hall–Kier alpha value is -0.970. The van der Waals surface area contributed by atoms with Crippen molar-refractivity contribution in [2.45, 2.75) is 18.9 Å². The van der Waals surface area contributed by atoms with E-state index < -0.39 is 12.0 Å². The fraction of sp³-hybridized carbons (Fsp3) is 0.364. The van der Waals surface area contributed by atoms with E-state index in [1.807, 2.05) is 0 Å². The van der Waals surface area contributed by atoms with Crippen LogP contribution in [0.2, 0.25) is 10.0 Å². The lowest BCUT2D eigenvalue weighted by Gasteiger charge is -2.14. The fourth-order valence-electron chi connectivity index (χ4n) is 1.43. The molecule has 0 fully saturated rings. The first kappa shape index (κ1) is 14.1. The highest BCUT2D eigenvalue weighted by Gasteiger charge is 2.14. The SMILES string of the molecule is COc1c(Cl)cc([C@H](N)CCC(=O)O)cc1Cl. The molecule has 94 valence electrons. The van der Waals surface area contributed by atoms with E-state index in [0.717, 1.165) is 0 Å². The van der Waals surface area contributed by atoms with Gasteiger partial charge in [-0.25, -0.2) is 0 Å². The fourth-order valence-corrected chi connectivity index (χ4v) is 2.09. The molecule has 0 aliphatic rings. The molecule has 1 aromatic carbocycles. The Bertz CT molecular complexity index is 400. The van der Waals surface area contributed by atoms with E-state index in [0.29, 0.717) is 27.8 Å². The van der Waals surface area contributed by atoms with E-state index in [-0.39, 0.29) is 6.42 Å². The third-order valence-electron chi connectivity index (χ3n) is 2.32. The van der Waals surface area contributed by atoms with Crippen LogP contribution in [0, 0.1) is 0 Å². The predicted octanol–water partition coefficient (Wildman–Crippen LogP) is 2.87. The summed E-state index contributed by atoms with van der Waals surface area (Å²) in [5.41, 5.74) is 6.55. The molecule has 0 bridgehead atoms. The van der Waals surface area contributed by atoms with Gasteiger partial charge in [-0.3, -0.25) is 4.79 Å². The van der Waals surface area contributed by atoms with Crippen LogP contribution in [0.3, 0.4) is 0 Å². The molecular formula is C11H13Cl2NO3. The van der Waals surface area contributed by atoms with Gasteiger partial charge in [0.2, 0.25) is 0 Å². The Morgan fingerprint density at radius 3 is 2.41 bits per heavy atom. The Balaban J connectivity index is 2.88. The highest BCUT2D eigenvalue weighted by Crippen LogP contribution is 2.35. The second-order valence-corrected chi connectivity index (χ2v) is 4.37. The topological polar surface area (TPSA) is 72.5 Å². The van der Waals surface area contributed by atoms with E-state index in [1.54, 1.807) is 12.1 Å². The van der Waals surface area contributed by atoms with Gasteiger partial charge in [0.1, 0.15) is 0 Å². The van der Waals surface area contributed by atoms with Crippen LogP contribution in [0.15, 0.2) is 12.1 Å². The zero-order valence-electron chi connectivity index (χ0n) is 9.24. The monoisotopic (exact) mass is 277 g/mol. The molecule has 6 heteroatoms. The number of methoxy groups -OCH3 is 1. The molecule has 17 heavy (non-hydrogen) atoms. The molecular weight excluding hydrogens is 265 g/mol. The quantitative estimate of drug-likeness (QED) is 0.868. The first-order valence-corrected chi connectivity index (χ1v) is 5.71. The molecule has 0 unspecified atom stereocenters. The molecule has 0 aliphatic heterocycles. The number of carboxylic acids is 1. The number of rotatable bonds is 5. The standard InChI is InChI=1S/C11H13Cl2NO3/c1-17-11-7(12)4-6(5-8(11)13)9(14)2-3-10(15)16/h4-5,9H,2-3,14H2,1H3,(H,15,16)/t9-/m1/s1. The molecule has 0 amide bonds. The number of aliphatic carboxylic acids is 1. The smallest absolute Gasteiger partial charge is 0.303 e. The number of nitrogens with two attached hydrogens (primary N) is 1. The van der Waals surface area contributed by atoms with Gasteiger partial charge in [-0.15, -0.1) is 0 Å². The third-order valence-corrected chi connectivity index (χ3v) is 2.88. The molecule has 1 aromatic rings. The summed E-state index contributed by atoms with van der Waals surface area (Å²) in [6.45, 7) is 0. The first-order valence-electron chi connectivity index (χ1n) is 4.96. The Labute approximate surface area is 109 Å². The van der Waals surface area contributed by atoms with E-state index in [2.05, 4.69) is 0 Å². The largest absolute Gasteiger partial charge is 0.494 e. The third kappa shape index (κ3) is 3.77. The maximum atomic E-state index is 10.4. The van der Waals surface area contributed by atoms with Crippen molar-refractivity contribution in [2.75, 3.05) is 7.11 Å². The zero-order chi connectivity index (χ0) is 13.0. The lowest BCUT2D eigenvalue weighted by molar-refractivity contribution is -0.137. The number of carbonyl (C=O) groups is 1. The molecule has 0 spiro atoms. The molecule has 0 radical (unpaired) electrons. The lowest BCUT2D eigenvalue weighted by atomic mass is 10.0. The number of benzene rings is 1. The lowest BCUT2D eigenvalue weighted by Crippen LogP contribution is -2.12. The van der Waals surface area contributed by atoms with Gasteiger partial charge in [0.25, 0.3) is 0 Å². The van der Waals surface area contributed by atoms with Crippen LogP contribution < -0.4 is 10.5 Å². The van der Waals surface area contributed by atoms with Crippen molar-refractivity contribution in [3.05, 3.63) is 27.7 Å². The molecule has 1 atom stereocenters. The zero-order valence-corrected chi connectivity index (χ0v) is 10.8. The van der Waals surface area contributed by atoms with Gasteiger partial charge in [0, 0.05) is 12.5 Å². The second kappa shape index (κ2) is 6.10. The van der Waals surface area contributed by atoms with Crippen molar-refractivity contribution in [3.63, 3.8) is 0 Å². The van der Waals surface area contributed by atoms with Gasteiger partial charge < -0.3 is 15.6 Å². The maximum Gasteiger partial charge on any atom is 0.303 e. The summed E-state index contributed by atoms with van der Waals surface area (Å²) < 4.78 is 5.01. The van der Waals surface area contributed by atoms with Gasteiger partial charge in [-0.2, -0.15) is 0 Å². The molecule has 0 saturated carbocycles. The average Bonchev–Trinajstić information content (AvgIpc) is 2.25. The minimum Gasteiger partial charge on any atom is -0.494 e. The van der Waals surface area contributed by atoms with Gasteiger partial charge in [0.15, 0.2) is 5.75 Å². The predicted molar refractivity (Wildman–Crippen MR) is 66.8 cm³/mol. The van der Waals surface area contributed by atoms with Gasteiger partial charge >= 0.3 is 5.97 Å². The first-order chi connectivity index (χ1) is 7.95. The molecule has 0 heterocycles. The Kier molecular flexibility index (Phi) is 5.05. The summed E-state index contributed by atoms with van der Waals surface area (Å²) in [6.07, 6.45) is 0.330. The van der Waals surface area contributed by atoms with E-state index in [4.69, 9.17) is 38.8 Å². The van der Waals surface area contributed by atoms with Crippen LogP contribution in [0.5, 0.6) is 5.75 Å². The maximum absolute atomic E-state index is 10.4. The summed E-state index contributed by atoms with van der Waals surface area (Å²) in [5, 5.41) is 9.30. The van der Waals surface area contributed by atoms with Crippen LogP contribution in [-0.4, -0.2) is 18.2 Å². The normalized spacial score (nSPS) is 12.2. The van der Waals surface area contributed by atoms with Crippen LogP contribution >= 0.6 is 23.2 Å². The van der Waals surface area contributed by atoms with Crippen molar-refractivity contribution >= 4 is 29.2 Å². The summed E-state index contributed by atoms with van der Waals surface area (Å²) in [5.74, 6) is -0.492. The van der Waals surface area contributed by atoms with Crippen molar-refractivity contribution in [1.82, 2.24) is 0 Å². The highest BCUT2D eigenvalue weighted by atomic mass is 35.5. The van der Waals surface area contributed by atoms with Crippen molar-refractivity contribution in [1.29, 1.82) is 0 Å². The average molecular weight is 278 g/mol. The van der Waals surface area contributed by atoms with Crippen LogP contribution in [0.25, 0.3) is 0 Å².